The van der Waals surface area contributed by atoms with Crippen molar-refractivity contribution in [1.29, 1.82) is 0 Å². The average molecular weight is 437 g/mol. The van der Waals surface area contributed by atoms with Crippen LogP contribution in [-0.2, 0) is 22.4 Å². The van der Waals surface area contributed by atoms with Crippen molar-refractivity contribution in [3.8, 4) is 0 Å². The summed E-state index contributed by atoms with van der Waals surface area (Å²) >= 11 is 6.00. The monoisotopic (exact) mass is 436 g/mol. The zero-order valence-electron chi connectivity index (χ0n) is 16.1. The number of alkyl halides is 3. The number of halogens is 4. The molecule has 1 aliphatic rings. The lowest BCUT2D eigenvalue weighted by Crippen LogP contribution is -2.22. The molecule has 1 fully saturated rings. The first-order valence-electron chi connectivity index (χ1n) is 9.10. The SMILES string of the molecule is C[Si](C)(C)CCOCn1cc(C(F)(F)F)c2c(N[C@H]3CCOC3)nc(Cl)nc21. The van der Waals surface area contributed by atoms with Gasteiger partial charge >= 0.3 is 6.18 Å². The van der Waals surface area contributed by atoms with E-state index in [9.17, 15) is 13.2 Å². The van der Waals surface area contributed by atoms with Crippen molar-refractivity contribution in [1.82, 2.24) is 14.5 Å². The molecule has 0 unspecified atom stereocenters. The van der Waals surface area contributed by atoms with Gasteiger partial charge in [0, 0.05) is 27.5 Å². The van der Waals surface area contributed by atoms with Gasteiger partial charge in [0.2, 0.25) is 5.28 Å². The van der Waals surface area contributed by atoms with Crippen LogP contribution in [0, 0.1) is 0 Å². The molecule has 0 aliphatic carbocycles. The Morgan fingerprint density at radius 2 is 2.11 bits per heavy atom. The number of hydrogen-bond donors (Lipinski definition) is 1. The zero-order valence-corrected chi connectivity index (χ0v) is 17.8. The normalized spacial score (nSPS) is 18.2. The Kier molecular flexibility index (Phi) is 6.23. The summed E-state index contributed by atoms with van der Waals surface area (Å²) in [7, 11) is -1.30. The van der Waals surface area contributed by atoms with Gasteiger partial charge in [-0.2, -0.15) is 18.2 Å². The Balaban J connectivity index is 1.94. The molecule has 0 amide bonds. The molecule has 3 rings (SSSR count). The highest BCUT2D eigenvalue weighted by molar-refractivity contribution is 6.76. The fraction of sp³-hybridized carbons (Fsp3) is 0.647. The van der Waals surface area contributed by atoms with Crippen molar-refractivity contribution in [2.75, 3.05) is 25.1 Å². The molecule has 0 saturated carbocycles. The predicted molar refractivity (Wildman–Crippen MR) is 104 cm³/mol. The Labute approximate surface area is 167 Å². The van der Waals surface area contributed by atoms with Crippen LogP contribution in [0.15, 0.2) is 6.20 Å². The van der Waals surface area contributed by atoms with Crippen LogP contribution >= 0.6 is 11.6 Å². The molecule has 156 valence electrons. The van der Waals surface area contributed by atoms with Crippen LogP contribution in [0.25, 0.3) is 11.0 Å². The van der Waals surface area contributed by atoms with Gasteiger partial charge in [-0.1, -0.05) is 19.6 Å². The molecule has 11 heteroatoms. The zero-order chi connectivity index (χ0) is 20.5. The molecule has 0 bridgehead atoms. The molecule has 6 nitrogen and oxygen atoms in total. The topological polar surface area (TPSA) is 61.2 Å². The van der Waals surface area contributed by atoms with Crippen LogP contribution < -0.4 is 5.32 Å². The second kappa shape index (κ2) is 8.17. The molecule has 3 heterocycles. The second-order valence-electron chi connectivity index (χ2n) is 8.10. The van der Waals surface area contributed by atoms with E-state index >= 15 is 0 Å². The number of ether oxygens (including phenoxy) is 2. The van der Waals surface area contributed by atoms with E-state index in [1.54, 1.807) is 0 Å². The minimum absolute atomic E-state index is 0.0314. The summed E-state index contributed by atoms with van der Waals surface area (Å²) in [6.07, 6.45) is -2.85. The Morgan fingerprint density at radius 3 is 2.71 bits per heavy atom. The average Bonchev–Trinajstić information content (AvgIpc) is 3.18. The van der Waals surface area contributed by atoms with Crippen molar-refractivity contribution < 1.29 is 22.6 Å². The fourth-order valence-corrected chi connectivity index (χ4v) is 3.88. The maximum Gasteiger partial charge on any atom is 0.418 e. The van der Waals surface area contributed by atoms with Crippen LogP contribution in [0.2, 0.25) is 31.0 Å². The first-order valence-corrected chi connectivity index (χ1v) is 13.2. The molecule has 2 aromatic heterocycles. The summed E-state index contributed by atoms with van der Waals surface area (Å²) in [6.45, 7) is 8.04. The van der Waals surface area contributed by atoms with Crippen LogP contribution in [0.1, 0.15) is 12.0 Å². The molecule has 28 heavy (non-hydrogen) atoms. The summed E-state index contributed by atoms with van der Waals surface area (Å²) in [6, 6.07) is 0.800. The smallest absolute Gasteiger partial charge is 0.379 e. The maximum atomic E-state index is 13.7. The van der Waals surface area contributed by atoms with Crippen molar-refractivity contribution in [3.63, 3.8) is 0 Å². The standard InChI is InChI=1S/C17H24ClF3N4O2Si/c1-28(2,3)7-6-27-10-25-8-12(17(19,20)21)13-14(22-11-4-5-26-9-11)23-16(18)24-15(13)25/h8,11H,4-7,9-10H2,1-3H3,(H,22,23,24)/t11-/m0/s1. The Hall–Kier alpha value is -1.36. The molecule has 0 spiro atoms. The van der Waals surface area contributed by atoms with Gasteiger partial charge in [-0.25, -0.2) is 4.98 Å². The highest BCUT2D eigenvalue weighted by Crippen LogP contribution is 2.39. The van der Waals surface area contributed by atoms with E-state index < -0.39 is 19.8 Å². The minimum Gasteiger partial charge on any atom is -0.379 e. The number of nitrogens with one attached hydrogen (secondary N) is 1. The van der Waals surface area contributed by atoms with Crippen LogP contribution in [0.5, 0.6) is 0 Å². The van der Waals surface area contributed by atoms with E-state index in [1.807, 2.05) is 0 Å². The highest BCUT2D eigenvalue weighted by atomic mass is 35.5. The minimum atomic E-state index is -4.55. The summed E-state index contributed by atoms with van der Waals surface area (Å²) in [5.74, 6) is 0.0682. The maximum absolute atomic E-state index is 13.7. The number of nitrogens with zero attached hydrogens (tertiary/aromatic N) is 3. The van der Waals surface area contributed by atoms with Gasteiger partial charge in [-0.3, -0.25) is 0 Å². The van der Waals surface area contributed by atoms with Gasteiger partial charge in [-0.05, 0) is 24.1 Å². The van der Waals surface area contributed by atoms with Gasteiger partial charge in [0.25, 0.3) is 0 Å². The van der Waals surface area contributed by atoms with Crippen molar-refractivity contribution in [2.24, 2.45) is 0 Å². The van der Waals surface area contributed by atoms with Gasteiger partial charge in [0.05, 0.1) is 23.6 Å². The van der Waals surface area contributed by atoms with E-state index in [1.165, 1.54) is 4.57 Å². The lowest BCUT2D eigenvalue weighted by Gasteiger charge is -2.16. The highest BCUT2D eigenvalue weighted by Gasteiger charge is 2.37. The summed E-state index contributed by atoms with van der Waals surface area (Å²) < 4.78 is 53.3. The number of hydrogen-bond acceptors (Lipinski definition) is 5. The lowest BCUT2D eigenvalue weighted by molar-refractivity contribution is -0.136. The number of anilines is 1. The second-order valence-corrected chi connectivity index (χ2v) is 14.1. The summed E-state index contributed by atoms with van der Waals surface area (Å²) in [4.78, 5) is 8.07. The van der Waals surface area contributed by atoms with Gasteiger partial charge < -0.3 is 19.4 Å². The van der Waals surface area contributed by atoms with Crippen molar-refractivity contribution in [2.45, 2.75) is 51.1 Å². The summed E-state index contributed by atoms with van der Waals surface area (Å²) in [5.41, 5.74) is -0.712. The third kappa shape index (κ3) is 5.16. The van der Waals surface area contributed by atoms with Gasteiger partial charge in [0.15, 0.2) is 0 Å². The fourth-order valence-electron chi connectivity index (χ4n) is 2.96. The molecular weight excluding hydrogens is 413 g/mol. The first kappa shape index (κ1) is 21.3. The van der Waals surface area contributed by atoms with Crippen molar-refractivity contribution >= 4 is 36.5 Å². The molecule has 1 N–H and O–H groups in total. The van der Waals surface area contributed by atoms with E-state index in [0.717, 1.165) is 12.2 Å². The molecule has 0 aromatic carbocycles. The van der Waals surface area contributed by atoms with E-state index in [2.05, 4.69) is 34.9 Å². The molecule has 1 aliphatic heterocycles. The van der Waals surface area contributed by atoms with E-state index in [4.69, 9.17) is 21.1 Å². The lowest BCUT2D eigenvalue weighted by atomic mass is 10.2. The quantitative estimate of drug-likeness (QED) is 0.390. The number of fused-ring (bicyclic) bond motifs is 1. The van der Waals surface area contributed by atoms with E-state index in [0.29, 0.717) is 26.2 Å². The van der Waals surface area contributed by atoms with Crippen LogP contribution in [-0.4, -0.2) is 48.5 Å². The third-order valence-corrected chi connectivity index (χ3v) is 6.36. The van der Waals surface area contributed by atoms with E-state index in [-0.39, 0.29) is 34.9 Å². The van der Waals surface area contributed by atoms with Crippen LogP contribution in [0.4, 0.5) is 19.0 Å². The van der Waals surface area contributed by atoms with Crippen molar-refractivity contribution in [3.05, 3.63) is 17.0 Å². The van der Waals surface area contributed by atoms with Crippen LogP contribution in [0.3, 0.4) is 0 Å². The molecule has 1 atom stereocenters. The predicted octanol–water partition coefficient (Wildman–Crippen LogP) is 4.62. The molecule has 1 saturated heterocycles. The molecule has 0 radical (unpaired) electrons. The largest absolute Gasteiger partial charge is 0.418 e. The Bertz CT molecular complexity index is 832. The Morgan fingerprint density at radius 1 is 1.36 bits per heavy atom. The van der Waals surface area contributed by atoms with Gasteiger partial charge in [0.1, 0.15) is 18.2 Å². The van der Waals surface area contributed by atoms with Gasteiger partial charge in [-0.15, -0.1) is 0 Å². The third-order valence-electron chi connectivity index (χ3n) is 4.49. The summed E-state index contributed by atoms with van der Waals surface area (Å²) in [5, 5.41) is 2.81. The number of rotatable bonds is 7. The number of aromatic nitrogens is 3. The molecular formula is C17H24ClF3N4O2Si. The first-order chi connectivity index (χ1) is 13.0. The molecule has 2 aromatic rings.